The largest absolute Gasteiger partial charge is 0.355 e. The van der Waals surface area contributed by atoms with Crippen LogP contribution in [0.4, 0.5) is 5.69 Å². The Morgan fingerprint density at radius 1 is 1.06 bits per heavy atom. The zero-order valence-electron chi connectivity index (χ0n) is 19.3. The van der Waals surface area contributed by atoms with Gasteiger partial charge in [0, 0.05) is 31.1 Å². The van der Waals surface area contributed by atoms with Gasteiger partial charge in [-0.2, -0.15) is 0 Å². The van der Waals surface area contributed by atoms with E-state index in [9.17, 15) is 18.0 Å². The molecule has 0 aliphatic carbocycles. The van der Waals surface area contributed by atoms with Crippen molar-refractivity contribution in [3.63, 3.8) is 0 Å². The van der Waals surface area contributed by atoms with Crippen LogP contribution in [-0.4, -0.2) is 50.5 Å². The van der Waals surface area contributed by atoms with Gasteiger partial charge < -0.3 is 10.2 Å². The van der Waals surface area contributed by atoms with Gasteiger partial charge in [0.15, 0.2) is 0 Å². The molecule has 9 heteroatoms. The van der Waals surface area contributed by atoms with Gasteiger partial charge in [-0.3, -0.25) is 13.9 Å². The van der Waals surface area contributed by atoms with E-state index < -0.39 is 16.1 Å². The molecule has 0 saturated heterocycles. The number of hydrogen-bond donors (Lipinski definition) is 1. The highest BCUT2D eigenvalue weighted by molar-refractivity contribution is 7.92. The van der Waals surface area contributed by atoms with Gasteiger partial charge in [0.05, 0.1) is 11.9 Å². The van der Waals surface area contributed by atoms with Crippen LogP contribution in [0.2, 0.25) is 5.02 Å². The average molecular weight is 494 g/mol. The van der Waals surface area contributed by atoms with Crippen LogP contribution in [-0.2, 0) is 26.2 Å². The second-order valence-corrected chi connectivity index (χ2v) is 10.1. The molecule has 2 rings (SSSR count). The first kappa shape index (κ1) is 26.7. The Labute approximate surface area is 201 Å². The molecule has 0 radical (unpaired) electrons. The Kier molecular flexibility index (Phi) is 10.2. The van der Waals surface area contributed by atoms with Crippen LogP contribution in [0.5, 0.6) is 0 Å². The molecule has 2 aromatic carbocycles. The highest BCUT2D eigenvalue weighted by Gasteiger charge is 2.28. The number of nitrogens with one attached hydrogen (secondary N) is 1. The third-order valence-corrected chi connectivity index (χ3v) is 6.61. The number of amides is 2. The minimum atomic E-state index is -3.56. The number of benzene rings is 2. The fourth-order valence-corrected chi connectivity index (χ4v) is 4.77. The summed E-state index contributed by atoms with van der Waals surface area (Å²) in [6, 6.07) is 15.5. The van der Waals surface area contributed by atoms with Crippen LogP contribution < -0.4 is 9.62 Å². The molecular weight excluding hydrogens is 462 g/mol. The summed E-state index contributed by atoms with van der Waals surface area (Å²) in [7, 11) is -3.56. The number of likely N-dealkylation sites (N-methyl/N-ethyl adjacent to an activating group) is 1. The molecule has 0 aliphatic heterocycles. The van der Waals surface area contributed by atoms with Crippen LogP contribution in [0.1, 0.15) is 38.7 Å². The zero-order valence-corrected chi connectivity index (χ0v) is 20.9. The standard InChI is InChI=1S/C24H32ClN3O4S/c1-4-22(24(30)26-5-2)27(18-19-11-7-6-8-12-19)23(29)15-10-16-28(33(3,31)32)21-14-9-13-20(25)17-21/h6-9,11-14,17,22H,4-5,10,15-16,18H2,1-3H3,(H,26,30)/t22-/m0/s1. The van der Waals surface area contributed by atoms with Gasteiger partial charge in [-0.1, -0.05) is 54.9 Å². The van der Waals surface area contributed by atoms with Crippen LogP contribution in [0.25, 0.3) is 0 Å². The van der Waals surface area contributed by atoms with E-state index in [1.54, 1.807) is 29.2 Å². The lowest BCUT2D eigenvalue weighted by Crippen LogP contribution is -2.49. The van der Waals surface area contributed by atoms with Crippen molar-refractivity contribution < 1.29 is 18.0 Å². The van der Waals surface area contributed by atoms with Gasteiger partial charge in [-0.15, -0.1) is 0 Å². The number of hydrogen-bond acceptors (Lipinski definition) is 4. The molecule has 0 aromatic heterocycles. The summed E-state index contributed by atoms with van der Waals surface area (Å²) in [5, 5.41) is 3.24. The number of anilines is 1. The minimum absolute atomic E-state index is 0.106. The van der Waals surface area contributed by atoms with Crippen molar-refractivity contribution in [3.05, 3.63) is 65.2 Å². The number of halogens is 1. The third kappa shape index (κ3) is 8.05. The first-order valence-corrected chi connectivity index (χ1v) is 13.2. The molecule has 1 atom stereocenters. The first-order chi connectivity index (χ1) is 15.7. The molecule has 2 aromatic rings. The smallest absolute Gasteiger partial charge is 0.242 e. The molecular formula is C24H32ClN3O4S. The van der Waals surface area contributed by atoms with Gasteiger partial charge >= 0.3 is 0 Å². The summed E-state index contributed by atoms with van der Waals surface area (Å²) in [4.78, 5) is 27.5. The van der Waals surface area contributed by atoms with Gasteiger partial charge in [-0.25, -0.2) is 8.42 Å². The van der Waals surface area contributed by atoms with Gasteiger partial charge in [0.2, 0.25) is 21.8 Å². The highest BCUT2D eigenvalue weighted by Crippen LogP contribution is 2.23. The summed E-state index contributed by atoms with van der Waals surface area (Å²) in [6.07, 6.45) is 2.01. The van der Waals surface area contributed by atoms with Crippen LogP contribution in [0.15, 0.2) is 54.6 Å². The van der Waals surface area contributed by atoms with E-state index in [-0.39, 0.29) is 24.8 Å². The van der Waals surface area contributed by atoms with E-state index in [0.29, 0.717) is 36.6 Å². The van der Waals surface area contributed by atoms with E-state index in [0.717, 1.165) is 11.8 Å². The number of carbonyl (C=O) groups excluding carboxylic acids is 2. The van der Waals surface area contributed by atoms with Crippen molar-refractivity contribution in [1.82, 2.24) is 10.2 Å². The maximum absolute atomic E-state index is 13.2. The van der Waals surface area contributed by atoms with Crippen LogP contribution in [0.3, 0.4) is 0 Å². The molecule has 2 amide bonds. The van der Waals surface area contributed by atoms with E-state index in [1.165, 1.54) is 4.31 Å². The van der Waals surface area contributed by atoms with E-state index >= 15 is 0 Å². The average Bonchev–Trinajstić information content (AvgIpc) is 2.76. The van der Waals surface area contributed by atoms with Crippen molar-refractivity contribution in [2.24, 2.45) is 0 Å². The molecule has 0 unspecified atom stereocenters. The Morgan fingerprint density at radius 2 is 1.76 bits per heavy atom. The fourth-order valence-electron chi connectivity index (χ4n) is 3.63. The van der Waals surface area contributed by atoms with E-state index in [2.05, 4.69) is 5.32 Å². The number of rotatable bonds is 12. The van der Waals surface area contributed by atoms with Crippen molar-refractivity contribution >= 4 is 39.1 Å². The Bertz CT molecular complexity index is 1030. The summed E-state index contributed by atoms with van der Waals surface area (Å²) < 4.78 is 25.9. The molecule has 180 valence electrons. The van der Waals surface area contributed by atoms with Crippen LogP contribution in [0, 0.1) is 0 Å². The molecule has 33 heavy (non-hydrogen) atoms. The summed E-state index contributed by atoms with van der Waals surface area (Å²) in [5.41, 5.74) is 1.37. The molecule has 0 bridgehead atoms. The zero-order chi connectivity index (χ0) is 24.4. The summed E-state index contributed by atoms with van der Waals surface area (Å²) >= 11 is 6.03. The van der Waals surface area contributed by atoms with Gasteiger partial charge in [0.1, 0.15) is 6.04 Å². The quantitative estimate of drug-likeness (QED) is 0.486. The van der Waals surface area contributed by atoms with Crippen molar-refractivity contribution in [1.29, 1.82) is 0 Å². The predicted molar refractivity (Wildman–Crippen MR) is 133 cm³/mol. The lowest BCUT2D eigenvalue weighted by atomic mass is 10.1. The lowest BCUT2D eigenvalue weighted by Gasteiger charge is -2.31. The van der Waals surface area contributed by atoms with E-state index in [1.807, 2.05) is 44.2 Å². The topological polar surface area (TPSA) is 86.8 Å². The molecule has 0 fully saturated rings. The summed E-state index contributed by atoms with van der Waals surface area (Å²) in [6.45, 7) is 4.62. The molecule has 0 spiro atoms. The third-order valence-electron chi connectivity index (χ3n) is 5.18. The van der Waals surface area contributed by atoms with Gasteiger partial charge in [0.25, 0.3) is 0 Å². The highest BCUT2D eigenvalue weighted by atomic mass is 35.5. The number of carbonyl (C=O) groups is 2. The Balaban J connectivity index is 2.17. The van der Waals surface area contributed by atoms with Crippen molar-refractivity contribution in [2.45, 2.75) is 45.7 Å². The first-order valence-electron chi connectivity index (χ1n) is 11.0. The molecule has 7 nitrogen and oxygen atoms in total. The second kappa shape index (κ2) is 12.6. The Hall–Kier alpha value is -2.58. The summed E-state index contributed by atoms with van der Waals surface area (Å²) in [5.74, 6) is -0.391. The SMILES string of the molecule is CCNC(=O)[C@H](CC)N(Cc1ccccc1)C(=O)CCCN(c1cccc(Cl)c1)S(C)(=O)=O. The van der Waals surface area contributed by atoms with Crippen molar-refractivity contribution in [3.8, 4) is 0 Å². The predicted octanol–water partition coefficient (Wildman–Crippen LogP) is 3.83. The number of nitrogens with zero attached hydrogens (tertiary/aromatic N) is 2. The second-order valence-electron chi connectivity index (χ2n) is 7.74. The molecule has 0 aliphatic rings. The monoisotopic (exact) mass is 493 g/mol. The Morgan fingerprint density at radius 3 is 2.33 bits per heavy atom. The molecule has 0 heterocycles. The van der Waals surface area contributed by atoms with Crippen LogP contribution >= 0.6 is 11.6 Å². The molecule has 0 saturated carbocycles. The minimum Gasteiger partial charge on any atom is -0.355 e. The van der Waals surface area contributed by atoms with Crippen molar-refractivity contribution in [2.75, 3.05) is 23.7 Å². The number of sulfonamides is 1. The molecule has 1 N–H and O–H groups in total. The fraction of sp³-hybridized carbons (Fsp3) is 0.417. The maximum atomic E-state index is 13.2. The van der Waals surface area contributed by atoms with E-state index in [4.69, 9.17) is 11.6 Å². The maximum Gasteiger partial charge on any atom is 0.242 e. The van der Waals surface area contributed by atoms with Gasteiger partial charge in [-0.05, 0) is 43.5 Å². The normalized spacial score (nSPS) is 12.1. The lowest BCUT2D eigenvalue weighted by molar-refractivity contribution is -0.141.